The third-order valence-corrected chi connectivity index (χ3v) is 7.65. The summed E-state index contributed by atoms with van der Waals surface area (Å²) in [6.07, 6.45) is 6.23. The Bertz CT molecular complexity index is 1070. The van der Waals surface area contributed by atoms with Crippen LogP contribution in [0.4, 0.5) is 5.82 Å². The minimum absolute atomic E-state index is 0.234. The summed E-state index contributed by atoms with van der Waals surface area (Å²) in [5.74, 6) is 1.67. The normalized spacial score (nSPS) is 17.4. The molecule has 6 heteroatoms. The molecular weight excluding hydrogens is 380 g/mol. The first-order valence-corrected chi connectivity index (χ1v) is 11.1. The number of nitrogens with one attached hydrogen (secondary N) is 1. The zero-order valence-corrected chi connectivity index (χ0v) is 18.3. The lowest BCUT2D eigenvalue weighted by atomic mass is 9.69. The Hall–Kier alpha value is -2.47. The maximum absolute atomic E-state index is 9.71. The van der Waals surface area contributed by atoms with E-state index in [9.17, 15) is 5.11 Å². The molecule has 3 aromatic rings. The van der Waals surface area contributed by atoms with Gasteiger partial charge in [0.15, 0.2) is 5.82 Å². The number of hydrogen-bond acceptors (Lipinski definition) is 6. The smallest absolute Gasteiger partial charge is 0.158 e. The van der Waals surface area contributed by atoms with Crippen LogP contribution >= 0.6 is 11.3 Å². The number of phenolic OH excluding ortho intramolecular Hbond substituents is 1. The number of nitrogens with zero attached hydrogens (tertiary/aromatic N) is 3. The molecule has 152 valence electrons. The van der Waals surface area contributed by atoms with Gasteiger partial charge in [0.2, 0.25) is 0 Å². The number of hydrogen-bond donors (Lipinski definition) is 2. The third kappa shape index (κ3) is 3.86. The van der Waals surface area contributed by atoms with Crippen molar-refractivity contribution in [2.75, 3.05) is 5.43 Å². The molecular formula is C23H28N4OS. The van der Waals surface area contributed by atoms with Crippen molar-refractivity contribution >= 4 is 33.1 Å². The SMILES string of the molecule is CCC(C)(C)[C@@H]1CCc2sc3ncnc(N/N=C(\C)c4cccc(O)c4)c3c2C1. The van der Waals surface area contributed by atoms with Gasteiger partial charge < -0.3 is 5.11 Å². The van der Waals surface area contributed by atoms with Crippen molar-refractivity contribution in [1.82, 2.24) is 9.97 Å². The van der Waals surface area contributed by atoms with Crippen LogP contribution in [-0.2, 0) is 12.8 Å². The van der Waals surface area contributed by atoms with Crippen molar-refractivity contribution < 1.29 is 5.11 Å². The van der Waals surface area contributed by atoms with E-state index < -0.39 is 0 Å². The molecule has 0 fully saturated rings. The third-order valence-electron chi connectivity index (χ3n) is 6.45. The van der Waals surface area contributed by atoms with E-state index in [1.807, 2.05) is 19.1 Å². The van der Waals surface area contributed by atoms with E-state index >= 15 is 0 Å². The van der Waals surface area contributed by atoms with Crippen molar-refractivity contribution in [2.24, 2.45) is 16.4 Å². The highest BCUT2D eigenvalue weighted by Gasteiger charge is 2.33. The number of fused-ring (bicyclic) bond motifs is 3. The van der Waals surface area contributed by atoms with Gasteiger partial charge in [0, 0.05) is 10.4 Å². The molecule has 0 aliphatic heterocycles. The van der Waals surface area contributed by atoms with Crippen LogP contribution in [0.25, 0.3) is 10.2 Å². The summed E-state index contributed by atoms with van der Waals surface area (Å²) in [7, 11) is 0. The van der Waals surface area contributed by atoms with E-state index in [1.54, 1.807) is 29.8 Å². The Morgan fingerprint density at radius 3 is 2.93 bits per heavy atom. The van der Waals surface area contributed by atoms with Gasteiger partial charge in [-0.2, -0.15) is 5.10 Å². The first-order chi connectivity index (χ1) is 13.9. The van der Waals surface area contributed by atoms with Crippen molar-refractivity contribution in [3.8, 4) is 5.75 Å². The van der Waals surface area contributed by atoms with E-state index in [-0.39, 0.29) is 5.75 Å². The Kier molecular flexibility index (Phi) is 5.30. The standard InChI is InChI=1S/C23H28N4OS/c1-5-23(3,4)16-9-10-19-18(12-16)20-21(24-13-25-22(20)29-19)27-26-14(2)15-7-6-8-17(28)11-15/h6-8,11,13,16,28H,5,9-10,12H2,1-4H3,(H,24,25,27)/b26-14+/t16-/m1/s1. The number of thiophene rings is 1. The number of benzene rings is 1. The molecule has 1 aliphatic rings. The van der Waals surface area contributed by atoms with Crippen molar-refractivity contribution in [3.05, 3.63) is 46.6 Å². The van der Waals surface area contributed by atoms with E-state index in [0.29, 0.717) is 11.3 Å². The molecule has 0 bridgehead atoms. The highest BCUT2D eigenvalue weighted by molar-refractivity contribution is 7.19. The lowest BCUT2D eigenvalue weighted by Crippen LogP contribution is -2.28. The first kappa shape index (κ1) is 19.8. The molecule has 1 aromatic carbocycles. The molecule has 0 saturated heterocycles. The number of aromatic nitrogens is 2. The van der Waals surface area contributed by atoms with Crippen molar-refractivity contribution in [2.45, 2.75) is 53.4 Å². The van der Waals surface area contributed by atoms with E-state index in [2.05, 4.69) is 41.3 Å². The lowest BCUT2D eigenvalue weighted by molar-refractivity contribution is 0.184. The Labute approximate surface area is 175 Å². The average molecular weight is 409 g/mol. The molecule has 2 N–H and O–H groups in total. The van der Waals surface area contributed by atoms with Crippen LogP contribution in [0.2, 0.25) is 0 Å². The topological polar surface area (TPSA) is 70.4 Å². The molecule has 0 spiro atoms. The molecule has 1 atom stereocenters. The van der Waals surface area contributed by atoms with Gasteiger partial charge in [0.25, 0.3) is 0 Å². The molecule has 1 aliphatic carbocycles. The Morgan fingerprint density at radius 1 is 1.34 bits per heavy atom. The second-order valence-corrected chi connectivity index (χ2v) is 9.63. The number of rotatable bonds is 5. The van der Waals surface area contributed by atoms with Gasteiger partial charge in [-0.25, -0.2) is 9.97 Å². The van der Waals surface area contributed by atoms with Gasteiger partial charge in [-0.05, 0) is 55.2 Å². The summed E-state index contributed by atoms with van der Waals surface area (Å²) in [5, 5.41) is 15.4. The van der Waals surface area contributed by atoms with Crippen LogP contribution in [0.1, 0.15) is 56.5 Å². The van der Waals surface area contributed by atoms with Crippen molar-refractivity contribution in [1.29, 1.82) is 0 Å². The fraction of sp³-hybridized carbons (Fsp3) is 0.435. The maximum Gasteiger partial charge on any atom is 0.158 e. The minimum atomic E-state index is 0.234. The molecule has 2 heterocycles. The minimum Gasteiger partial charge on any atom is -0.508 e. The van der Waals surface area contributed by atoms with Gasteiger partial charge in [-0.1, -0.05) is 39.3 Å². The molecule has 2 aromatic heterocycles. The fourth-order valence-electron chi connectivity index (χ4n) is 4.08. The second-order valence-electron chi connectivity index (χ2n) is 8.55. The first-order valence-electron chi connectivity index (χ1n) is 10.2. The number of aryl methyl sites for hydroxylation is 1. The van der Waals surface area contributed by atoms with Gasteiger partial charge in [-0.3, -0.25) is 5.43 Å². The van der Waals surface area contributed by atoms with Crippen LogP contribution < -0.4 is 5.43 Å². The van der Waals surface area contributed by atoms with Crippen LogP contribution in [0, 0.1) is 11.3 Å². The van der Waals surface area contributed by atoms with E-state index in [4.69, 9.17) is 0 Å². The monoisotopic (exact) mass is 408 g/mol. The molecule has 4 rings (SSSR count). The van der Waals surface area contributed by atoms with Gasteiger partial charge in [0.1, 0.15) is 16.9 Å². The fourth-order valence-corrected chi connectivity index (χ4v) is 5.26. The Morgan fingerprint density at radius 2 is 2.17 bits per heavy atom. The van der Waals surface area contributed by atoms with Gasteiger partial charge in [0.05, 0.1) is 11.1 Å². The lowest BCUT2D eigenvalue weighted by Gasteiger charge is -2.36. The molecule has 0 radical (unpaired) electrons. The molecule has 0 amide bonds. The number of phenols is 1. The van der Waals surface area contributed by atoms with Gasteiger partial charge in [-0.15, -0.1) is 11.3 Å². The zero-order chi connectivity index (χ0) is 20.6. The predicted octanol–water partition coefficient (Wildman–Crippen LogP) is 5.77. The second kappa shape index (κ2) is 7.75. The zero-order valence-electron chi connectivity index (χ0n) is 17.5. The number of aromatic hydroxyl groups is 1. The summed E-state index contributed by atoms with van der Waals surface area (Å²) in [6.45, 7) is 8.98. The van der Waals surface area contributed by atoms with Crippen LogP contribution in [0.5, 0.6) is 5.75 Å². The highest BCUT2D eigenvalue weighted by Crippen LogP contribution is 2.45. The summed E-state index contributed by atoms with van der Waals surface area (Å²) in [6, 6.07) is 7.11. The largest absolute Gasteiger partial charge is 0.508 e. The summed E-state index contributed by atoms with van der Waals surface area (Å²) in [4.78, 5) is 11.5. The predicted molar refractivity (Wildman–Crippen MR) is 121 cm³/mol. The van der Waals surface area contributed by atoms with Crippen LogP contribution in [0.3, 0.4) is 0 Å². The average Bonchev–Trinajstić information content (AvgIpc) is 3.10. The van der Waals surface area contributed by atoms with E-state index in [1.165, 1.54) is 23.3 Å². The molecule has 0 saturated carbocycles. The quantitative estimate of drug-likeness (QED) is 0.415. The molecule has 0 unspecified atom stereocenters. The molecule has 5 nitrogen and oxygen atoms in total. The van der Waals surface area contributed by atoms with E-state index in [0.717, 1.165) is 40.2 Å². The summed E-state index contributed by atoms with van der Waals surface area (Å²) < 4.78 is 0. The maximum atomic E-state index is 9.71. The number of anilines is 1. The number of hydrazone groups is 1. The summed E-state index contributed by atoms with van der Waals surface area (Å²) >= 11 is 1.79. The van der Waals surface area contributed by atoms with Gasteiger partial charge >= 0.3 is 0 Å². The highest BCUT2D eigenvalue weighted by atomic mass is 32.1. The molecule has 29 heavy (non-hydrogen) atoms. The Balaban J connectivity index is 1.68. The van der Waals surface area contributed by atoms with Crippen molar-refractivity contribution in [3.63, 3.8) is 0 Å². The summed E-state index contributed by atoms with van der Waals surface area (Å²) in [5.41, 5.74) is 6.57. The van der Waals surface area contributed by atoms with Crippen LogP contribution in [0.15, 0.2) is 35.7 Å². The van der Waals surface area contributed by atoms with Crippen LogP contribution in [-0.4, -0.2) is 20.8 Å².